The maximum absolute atomic E-state index is 12.7. The van der Waals surface area contributed by atoms with E-state index in [0.717, 1.165) is 12.8 Å². The van der Waals surface area contributed by atoms with Gasteiger partial charge in [-0.15, -0.1) is 0 Å². The van der Waals surface area contributed by atoms with E-state index in [1.807, 2.05) is 0 Å². The molecule has 8 atom stereocenters. The predicted octanol–water partition coefficient (Wildman–Crippen LogP) is 1.38. The lowest BCUT2D eigenvalue weighted by molar-refractivity contribution is -0.143. The number of fused-ring (bicyclic) bond motifs is 10. The van der Waals surface area contributed by atoms with Gasteiger partial charge in [-0.25, -0.2) is 0 Å². The molecule has 6 aliphatic rings. The van der Waals surface area contributed by atoms with E-state index in [-0.39, 0.29) is 71.0 Å². The van der Waals surface area contributed by atoms with Gasteiger partial charge in [0.2, 0.25) is 23.6 Å². The lowest BCUT2D eigenvalue weighted by Gasteiger charge is -2.19. The summed E-state index contributed by atoms with van der Waals surface area (Å²) < 4.78 is 0. The quantitative estimate of drug-likeness (QED) is 0.410. The second kappa shape index (κ2) is 5.65. The molecule has 4 aliphatic carbocycles. The van der Waals surface area contributed by atoms with Gasteiger partial charge in [0, 0.05) is 13.1 Å². The second-order valence-electron chi connectivity index (χ2n) is 9.36. The molecule has 0 spiro atoms. The Balaban J connectivity index is 1.05. The van der Waals surface area contributed by atoms with Crippen LogP contribution in [0.5, 0.6) is 0 Å². The molecule has 146 valence electrons. The molecule has 0 N–H and O–H groups in total. The molecule has 6 rings (SSSR count). The van der Waals surface area contributed by atoms with Crippen LogP contribution >= 0.6 is 0 Å². The van der Waals surface area contributed by atoms with Crippen LogP contribution in [0, 0.1) is 47.3 Å². The van der Waals surface area contributed by atoms with Gasteiger partial charge in [-0.2, -0.15) is 0 Å². The molecule has 2 saturated heterocycles. The molecule has 4 fully saturated rings. The third-order valence-electron chi connectivity index (χ3n) is 8.14. The highest BCUT2D eigenvalue weighted by atomic mass is 16.2. The number of allylic oxidation sites excluding steroid dienone is 4. The number of amides is 4. The fourth-order valence-electron chi connectivity index (χ4n) is 6.91. The van der Waals surface area contributed by atoms with Crippen LogP contribution in [0.1, 0.15) is 25.7 Å². The zero-order valence-electron chi connectivity index (χ0n) is 15.7. The highest BCUT2D eigenvalue weighted by Crippen LogP contribution is 2.53. The number of hydrogen-bond donors (Lipinski definition) is 0. The smallest absolute Gasteiger partial charge is 0.233 e. The van der Waals surface area contributed by atoms with Crippen molar-refractivity contribution in [2.24, 2.45) is 47.3 Å². The van der Waals surface area contributed by atoms with Crippen molar-refractivity contribution in [2.75, 3.05) is 13.1 Å². The van der Waals surface area contributed by atoms with E-state index < -0.39 is 0 Å². The topological polar surface area (TPSA) is 74.8 Å². The molecule has 0 aromatic carbocycles. The Labute approximate surface area is 163 Å². The van der Waals surface area contributed by atoms with Gasteiger partial charge >= 0.3 is 0 Å². The van der Waals surface area contributed by atoms with Gasteiger partial charge in [-0.05, 0) is 49.4 Å². The molecule has 0 unspecified atom stereocenters. The van der Waals surface area contributed by atoms with Crippen molar-refractivity contribution < 1.29 is 19.2 Å². The van der Waals surface area contributed by atoms with Crippen molar-refractivity contribution in [3.8, 4) is 0 Å². The van der Waals surface area contributed by atoms with Crippen molar-refractivity contribution in [1.82, 2.24) is 9.80 Å². The Morgan fingerprint density at radius 1 is 0.571 bits per heavy atom. The van der Waals surface area contributed by atoms with Gasteiger partial charge in [0.1, 0.15) is 0 Å². The van der Waals surface area contributed by atoms with Gasteiger partial charge in [0.25, 0.3) is 0 Å². The largest absolute Gasteiger partial charge is 0.282 e. The lowest BCUT2D eigenvalue weighted by atomic mass is 9.85. The van der Waals surface area contributed by atoms with Crippen molar-refractivity contribution in [3.05, 3.63) is 24.3 Å². The molecule has 4 amide bonds. The maximum Gasteiger partial charge on any atom is 0.233 e. The minimum Gasteiger partial charge on any atom is -0.282 e. The fourth-order valence-corrected chi connectivity index (χ4v) is 6.91. The van der Waals surface area contributed by atoms with E-state index in [9.17, 15) is 19.2 Å². The molecule has 28 heavy (non-hydrogen) atoms. The minimum absolute atomic E-state index is 0.0163. The third kappa shape index (κ3) is 1.98. The van der Waals surface area contributed by atoms with Crippen LogP contribution in [0.25, 0.3) is 0 Å². The molecule has 4 bridgehead atoms. The first-order valence-electron chi connectivity index (χ1n) is 10.6. The van der Waals surface area contributed by atoms with E-state index in [1.165, 1.54) is 9.80 Å². The molecule has 2 heterocycles. The Kier molecular flexibility index (Phi) is 3.37. The normalized spacial score (nSPS) is 44.6. The number of unbranched alkanes of at least 4 members (excludes halogenated alkanes) is 1. The molecular formula is C22H24N2O4. The lowest BCUT2D eigenvalue weighted by Crippen LogP contribution is -2.36. The van der Waals surface area contributed by atoms with Crippen LogP contribution in [0.15, 0.2) is 24.3 Å². The first-order valence-corrected chi connectivity index (χ1v) is 10.6. The van der Waals surface area contributed by atoms with Crippen molar-refractivity contribution >= 4 is 23.6 Å². The minimum atomic E-state index is -0.147. The number of rotatable bonds is 5. The molecule has 6 nitrogen and oxygen atoms in total. The number of imide groups is 2. The Morgan fingerprint density at radius 2 is 0.857 bits per heavy atom. The first-order chi connectivity index (χ1) is 13.6. The van der Waals surface area contributed by atoms with Gasteiger partial charge in [0.05, 0.1) is 23.7 Å². The van der Waals surface area contributed by atoms with E-state index in [2.05, 4.69) is 24.3 Å². The molecule has 6 heteroatoms. The summed E-state index contributed by atoms with van der Waals surface area (Å²) in [4.78, 5) is 53.7. The monoisotopic (exact) mass is 380 g/mol. The number of carbonyl (C=O) groups is 4. The van der Waals surface area contributed by atoms with Crippen LogP contribution < -0.4 is 0 Å². The summed E-state index contributed by atoms with van der Waals surface area (Å²) in [6, 6.07) is 0. The van der Waals surface area contributed by atoms with Crippen LogP contribution in [0.3, 0.4) is 0 Å². The molecule has 2 saturated carbocycles. The van der Waals surface area contributed by atoms with E-state index in [0.29, 0.717) is 25.9 Å². The molecule has 0 radical (unpaired) electrons. The summed E-state index contributed by atoms with van der Waals surface area (Å²) in [6.07, 6.45) is 11.6. The average molecular weight is 380 g/mol. The van der Waals surface area contributed by atoms with Gasteiger partial charge in [-0.1, -0.05) is 24.3 Å². The standard InChI is InChI=1S/C22H24N2O4/c25-19-15-11-3-4-12(9-11)16(15)20(26)23(19)7-1-2-8-24-21(27)17-13-5-6-14(10-13)18(17)22(24)28/h3-6,11-18H,1-2,7-10H2/t11-,12-,13-,14-,15-,16+,17+,18+/m0/s1. The number of likely N-dealkylation sites (tertiary alicyclic amines) is 2. The summed E-state index contributed by atoms with van der Waals surface area (Å²) in [5, 5.41) is 0. The van der Waals surface area contributed by atoms with Gasteiger partial charge in [-0.3, -0.25) is 29.0 Å². The van der Waals surface area contributed by atoms with Crippen molar-refractivity contribution in [1.29, 1.82) is 0 Å². The number of hydrogen-bond acceptors (Lipinski definition) is 4. The van der Waals surface area contributed by atoms with Crippen LogP contribution in [0.2, 0.25) is 0 Å². The summed E-state index contributed by atoms with van der Waals surface area (Å²) in [7, 11) is 0. The molecule has 2 aliphatic heterocycles. The van der Waals surface area contributed by atoms with Crippen molar-refractivity contribution in [2.45, 2.75) is 25.7 Å². The highest BCUT2D eigenvalue weighted by molar-refractivity contribution is 6.07. The van der Waals surface area contributed by atoms with Gasteiger partial charge in [0.15, 0.2) is 0 Å². The van der Waals surface area contributed by atoms with Crippen LogP contribution in [0.4, 0.5) is 0 Å². The van der Waals surface area contributed by atoms with E-state index in [4.69, 9.17) is 0 Å². The fraction of sp³-hybridized carbons (Fsp3) is 0.636. The Morgan fingerprint density at radius 3 is 1.14 bits per heavy atom. The number of carbonyl (C=O) groups excluding carboxylic acids is 4. The first kappa shape index (κ1) is 16.7. The van der Waals surface area contributed by atoms with E-state index in [1.54, 1.807) is 0 Å². The highest BCUT2D eigenvalue weighted by Gasteiger charge is 2.60. The number of nitrogens with zero attached hydrogens (tertiary/aromatic N) is 2. The predicted molar refractivity (Wildman–Crippen MR) is 98.1 cm³/mol. The zero-order chi connectivity index (χ0) is 19.2. The SMILES string of the molecule is O=C1[C@@H]2[C@H](C(=O)N1CCCCN1C(=O)[C@H]3[C@H](C1=O)[C@H]1C=C[C@H]3C1)[C@H]1C=C[C@H]2C1. The Bertz CT molecular complexity index is 731. The van der Waals surface area contributed by atoms with Gasteiger partial charge < -0.3 is 0 Å². The Hall–Kier alpha value is -2.24. The second-order valence-corrected chi connectivity index (χ2v) is 9.36. The van der Waals surface area contributed by atoms with Crippen LogP contribution in [-0.2, 0) is 19.2 Å². The average Bonchev–Trinajstić information content (AvgIpc) is 3.49. The van der Waals surface area contributed by atoms with Crippen molar-refractivity contribution in [3.63, 3.8) is 0 Å². The molecule has 0 aromatic heterocycles. The summed E-state index contributed by atoms with van der Waals surface area (Å²) in [5.41, 5.74) is 0. The molecular weight excluding hydrogens is 356 g/mol. The van der Waals surface area contributed by atoms with Crippen LogP contribution in [-0.4, -0.2) is 46.5 Å². The van der Waals surface area contributed by atoms with E-state index >= 15 is 0 Å². The zero-order valence-corrected chi connectivity index (χ0v) is 15.7. The summed E-state index contributed by atoms with van der Waals surface area (Å²) in [6.45, 7) is 0.806. The summed E-state index contributed by atoms with van der Waals surface area (Å²) in [5.74, 6) is 0.291. The molecule has 0 aromatic rings. The third-order valence-corrected chi connectivity index (χ3v) is 8.14. The summed E-state index contributed by atoms with van der Waals surface area (Å²) >= 11 is 0. The maximum atomic E-state index is 12.7.